The lowest BCUT2D eigenvalue weighted by Gasteiger charge is -2.59. The second-order valence-corrected chi connectivity index (χ2v) is 11.0. The smallest absolute Gasteiger partial charge is 0.293 e. The third-order valence-electron chi connectivity index (χ3n) is 8.46. The Bertz CT molecular complexity index is 908. The summed E-state index contributed by atoms with van der Waals surface area (Å²) in [7, 11) is 0. The maximum absolute atomic E-state index is 12.8. The summed E-state index contributed by atoms with van der Waals surface area (Å²) in [6.45, 7) is 3.81. The number of benzene rings is 1. The van der Waals surface area contributed by atoms with E-state index in [2.05, 4.69) is 17.6 Å². The van der Waals surface area contributed by atoms with Crippen molar-refractivity contribution in [2.75, 3.05) is 18.0 Å². The Kier molecular flexibility index (Phi) is 5.60. The van der Waals surface area contributed by atoms with Gasteiger partial charge in [-0.3, -0.25) is 20.2 Å². The molecule has 4 saturated carbocycles. The molecular formula is C24H32N4O3S. The molecule has 4 aliphatic carbocycles. The van der Waals surface area contributed by atoms with Crippen LogP contribution in [0.2, 0.25) is 0 Å². The first-order valence-corrected chi connectivity index (χ1v) is 12.4. The Labute approximate surface area is 194 Å². The molecule has 1 aromatic carbocycles. The van der Waals surface area contributed by atoms with Crippen molar-refractivity contribution in [1.82, 2.24) is 10.6 Å². The van der Waals surface area contributed by atoms with E-state index in [1.165, 1.54) is 44.6 Å². The highest BCUT2D eigenvalue weighted by atomic mass is 32.1. The third kappa shape index (κ3) is 3.98. The van der Waals surface area contributed by atoms with Gasteiger partial charge in [0, 0.05) is 30.8 Å². The van der Waals surface area contributed by atoms with Crippen molar-refractivity contribution < 1.29 is 9.72 Å². The number of carbonyl (C=O) groups excluding carboxylic acids is 1. The highest BCUT2D eigenvalue weighted by Crippen LogP contribution is 2.61. The number of nitro benzene ring substituents is 1. The molecule has 32 heavy (non-hydrogen) atoms. The number of nitrogens with one attached hydrogen (secondary N) is 2. The van der Waals surface area contributed by atoms with Crippen molar-refractivity contribution in [2.45, 2.75) is 64.3 Å². The Hall–Kier alpha value is -2.22. The Balaban J connectivity index is 1.24. The molecule has 7 nitrogen and oxygen atoms in total. The number of amides is 1. The summed E-state index contributed by atoms with van der Waals surface area (Å²) in [4.78, 5) is 26.1. The van der Waals surface area contributed by atoms with E-state index in [-0.39, 0.29) is 22.7 Å². The van der Waals surface area contributed by atoms with E-state index in [0.29, 0.717) is 10.8 Å². The minimum atomic E-state index is -0.407. The van der Waals surface area contributed by atoms with Gasteiger partial charge in [0.25, 0.3) is 11.6 Å². The second kappa shape index (κ2) is 8.28. The number of thiocarbonyl (C=S) groups is 1. The van der Waals surface area contributed by atoms with Crippen molar-refractivity contribution in [3.8, 4) is 0 Å². The number of nitrogens with zero attached hydrogens (tertiary/aromatic N) is 2. The zero-order valence-corrected chi connectivity index (χ0v) is 19.5. The van der Waals surface area contributed by atoms with Crippen molar-refractivity contribution >= 4 is 34.6 Å². The quantitative estimate of drug-likeness (QED) is 0.388. The van der Waals surface area contributed by atoms with Gasteiger partial charge in [0.1, 0.15) is 5.69 Å². The fourth-order valence-corrected chi connectivity index (χ4v) is 7.57. The van der Waals surface area contributed by atoms with Crippen molar-refractivity contribution in [3.63, 3.8) is 0 Å². The highest BCUT2D eigenvalue weighted by Gasteiger charge is 2.53. The Morgan fingerprint density at radius 1 is 1.16 bits per heavy atom. The predicted octanol–water partition coefficient (Wildman–Crippen LogP) is 4.40. The van der Waals surface area contributed by atoms with Gasteiger partial charge in [0.2, 0.25) is 0 Å². The molecule has 1 heterocycles. The summed E-state index contributed by atoms with van der Waals surface area (Å²) in [5.74, 6) is 2.14. The fraction of sp³-hybridized carbons (Fsp3) is 0.667. The van der Waals surface area contributed by atoms with Gasteiger partial charge in [-0.15, -0.1) is 0 Å². The average Bonchev–Trinajstić information content (AvgIpc) is 3.27. The van der Waals surface area contributed by atoms with Crippen molar-refractivity contribution in [2.24, 2.45) is 23.2 Å². The molecule has 1 saturated heterocycles. The number of anilines is 1. The van der Waals surface area contributed by atoms with Crippen molar-refractivity contribution in [1.29, 1.82) is 0 Å². The van der Waals surface area contributed by atoms with Crippen LogP contribution in [0.4, 0.5) is 11.4 Å². The minimum Gasteiger partial charge on any atom is -0.366 e. The molecule has 4 bridgehead atoms. The van der Waals surface area contributed by atoms with Gasteiger partial charge in [0.15, 0.2) is 5.11 Å². The molecule has 172 valence electrons. The monoisotopic (exact) mass is 456 g/mol. The van der Waals surface area contributed by atoms with Gasteiger partial charge in [0.05, 0.1) is 4.92 Å². The maximum atomic E-state index is 12.8. The molecule has 6 rings (SSSR count). The van der Waals surface area contributed by atoms with E-state index >= 15 is 0 Å². The van der Waals surface area contributed by atoms with Crippen LogP contribution < -0.4 is 15.5 Å². The molecule has 8 heteroatoms. The Morgan fingerprint density at radius 3 is 2.31 bits per heavy atom. The molecule has 2 N–H and O–H groups in total. The van der Waals surface area contributed by atoms with Crippen LogP contribution in [0.15, 0.2) is 18.2 Å². The molecule has 5 fully saturated rings. The summed E-state index contributed by atoms with van der Waals surface area (Å²) in [5.41, 5.74) is 1.09. The molecule has 1 atom stereocenters. The number of nitro groups is 1. The largest absolute Gasteiger partial charge is 0.366 e. The van der Waals surface area contributed by atoms with Gasteiger partial charge in [-0.25, -0.2) is 0 Å². The lowest BCUT2D eigenvalue weighted by Crippen LogP contribution is -2.57. The van der Waals surface area contributed by atoms with E-state index in [1.54, 1.807) is 12.1 Å². The minimum absolute atomic E-state index is 0.0274. The first kappa shape index (κ1) is 21.6. The van der Waals surface area contributed by atoms with E-state index in [1.807, 2.05) is 4.90 Å². The van der Waals surface area contributed by atoms with E-state index < -0.39 is 10.8 Å². The normalized spacial score (nSPS) is 31.4. The third-order valence-corrected chi connectivity index (χ3v) is 8.68. The average molecular weight is 457 g/mol. The van der Waals surface area contributed by atoms with Crippen LogP contribution in [0.25, 0.3) is 0 Å². The Morgan fingerprint density at radius 2 is 1.75 bits per heavy atom. The molecule has 5 aliphatic rings. The van der Waals surface area contributed by atoms with Gasteiger partial charge < -0.3 is 10.2 Å². The van der Waals surface area contributed by atoms with Gasteiger partial charge in [-0.05, 0) is 106 Å². The molecule has 0 spiro atoms. The first-order valence-electron chi connectivity index (χ1n) is 12.0. The fourth-order valence-electron chi connectivity index (χ4n) is 7.31. The SMILES string of the molecule is C[C@H](NC(=S)NC(=O)c1ccc(N2CCCC2)c([N+](=O)[O-])c1)C12CC3CC(CC(C3)C1)C2. The zero-order valence-electron chi connectivity index (χ0n) is 18.6. The van der Waals surface area contributed by atoms with Crippen LogP contribution in [0.5, 0.6) is 0 Å². The van der Waals surface area contributed by atoms with Gasteiger partial charge >= 0.3 is 0 Å². The van der Waals surface area contributed by atoms with Gasteiger partial charge in [-0.2, -0.15) is 0 Å². The van der Waals surface area contributed by atoms with Crippen LogP contribution >= 0.6 is 12.2 Å². The zero-order chi connectivity index (χ0) is 22.5. The summed E-state index contributed by atoms with van der Waals surface area (Å²) in [6.07, 6.45) is 10.00. The molecule has 0 radical (unpaired) electrons. The van der Waals surface area contributed by atoms with E-state index in [0.717, 1.165) is 43.7 Å². The van der Waals surface area contributed by atoms with E-state index in [4.69, 9.17) is 12.2 Å². The topological polar surface area (TPSA) is 87.5 Å². The summed E-state index contributed by atoms with van der Waals surface area (Å²) in [5, 5.41) is 18.1. The lowest BCUT2D eigenvalue weighted by atomic mass is 9.48. The number of hydrogen-bond donors (Lipinski definition) is 2. The first-order chi connectivity index (χ1) is 15.3. The molecule has 1 aromatic rings. The summed E-state index contributed by atoms with van der Waals surface area (Å²) in [6, 6.07) is 4.91. The van der Waals surface area contributed by atoms with Gasteiger partial charge in [-0.1, -0.05) is 0 Å². The summed E-state index contributed by atoms with van der Waals surface area (Å²) >= 11 is 5.47. The predicted molar refractivity (Wildman–Crippen MR) is 128 cm³/mol. The molecule has 1 aliphatic heterocycles. The van der Waals surface area contributed by atoms with Crippen LogP contribution in [0.3, 0.4) is 0 Å². The van der Waals surface area contributed by atoms with Crippen LogP contribution in [-0.2, 0) is 0 Å². The standard InChI is InChI=1S/C24H32N4O3S/c1-15(24-12-16-8-17(13-24)10-18(9-16)14-24)25-23(32)26-22(29)19-4-5-20(21(11-19)28(30)31)27-6-2-3-7-27/h4-5,11,15-18H,2-3,6-10,12-14H2,1H3,(H2,25,26,29,32)/t15-,16?,17?,18?,24?/m0/s1. The lowest BCUT2D eigenvalue weighted by molar-refractivity contribution is -0.384. The van der Waals surface area contributed by atoms with Crippen LogP contribution in [0, 0.1) is 33.3 Å². The molecule has 0 unspecified atom stereocenters. The van der Waals surface area contributed by atoms with Crippen molar-refractivity contribution in [3.05, 3.63) is 33.9 Å². The maximum Gasteiger partial charge on any atom is 0.293 e. The molecule has 1 amide bonds. The molecule has 0 aromatic heterocycles. The van der Waals surface area contributed by atoms with Crippen LogP contribution in [0.1, 0.15) is 68.6 Å². The van der Waals surface area contributed by atoms with Crippen LogP contribution in [-0.4, -0.2) is 35.1 Å². The molecular weight excluding hydrogens is 424 g/mol. The summed E-state index contributed by atoms with van der Waals surface area (Å²) < 4.78 is 0. The second-order valence-electron chi connectivity index (χ2n) is 10.6. The number of rotatable bonds is 5. The number of hydrogen-bond acceptors (Lipinski definition) is 5. The number of carbonyl (C=O) groups is 1. The van der Waals surface area contributed by atoms with E-state index in [9.17, 15) is 14.9 Å². The highest BCUT2D eigenvalue weighted by molar-refractivity contribution is 7.80.